The molecule has 2 nitrogen and oxygen atoms in total. The van der Waals surface area contributed by atoms with Crippen LogP contribution in [-0.2, 0) is 0 Å². The normalized spacial score (nSPS) is 8.29. The average Bonchev–Trinajstić information content (AvgIpc) is 1.61. The Morgan fingerprint density at radius 3 is 2.43 bits per heavy atom. The summed E-state index contributed by atoms with van der Waals surface area (Å²) >= 11 is 0. The summed E-state index contributed by atoms with van der Waals surface area (Å²) in [5.74, 6) is 0. The Balaban J connectivity index is 2.82. The molecule has 0 aromatic rings. The molecule has 0 atom stereocenters. The molecule has 0 heterocycles. The van der Waals surface area contributed by atoms with Crippen LogP contribution in [0.1, 0.15) is 6.92 Å². The van der Waals surface area contributed by atoms with E-state index in [0.717, 1.165) is 12.4 Å². The monoisotopic (exact) mass is 100 g/mol. The summed E-state index contributed by atoms with van der Waals surface area (Å²) in [6.45, 7) is 6.37. The zero-order valence-corrected chi connectivity index (χ0v) is 4.91. The highest BCUT2D eigenvalue weighted by atomic mass is 15.0. The van der Waals surface area contributed by atoms with Gasteiger partial charge in [0.25, 0.3) is 0 Å². The van der Waals surface area contributed by atoms with Gasteiger partial charge >= 0.3 is 0 Å². The minimum absolute atomic E-state index is 0.801. The molecule has 2 heteroatoms. The van der Waals surface area contributed by atoms with Crippen LogP contribution < -0.4 is 10.6 Å². The lowest BCUT2D eigenvalue weighted by molar-refractivity contribution is 0.709. The first-order valence-electron chi connectivity index (χ1n) is 2.31. The molecule has 0 radical (unpaired) electrons. The fourth-order valence-corrected chi connectivity index (χ4v) is 0.239. The first-order chi connectivity index (χ1) is 3.27. The first-order valence-corrected chi connectivity index (χ1v) is 2.31. The molecular weight excluding hydrogens is 88.1 g/mol. The molecular formula is C5H12N2. The third-order valence-corrected chi connectivity index (χ3v) is 0.567. The van der Waals surface area contributed by atoms with Crippen molar-refractivity contribution >= 4 is 0 Å². The van der Waals surface area contributed by atoms with E-state index in [1.54, 1.807) is 0 Å². The lowest BCUT2D eigenvalue weighted by atomic mass is 10.6. The molecule has 0 saturated carbocycles. The van der Waals surface area contributed by atoms with Crippen molar-refractivity contribution in [2.75, 3.05) is 13.7 Å². The van der Waals surface area contributed by atoms with Gasteiger partial charge < -0.3 is 10.6 Å². The zero-order chi connectivity index (χ0) is 5.70. The molecule has 0 aromatic heterocycles. The molecule has 0 unspecified atom stereocenters. The SMILES string of the molecule is C=C(C)NCNC. The number of hydrogen-bond donors (Lipinski definition) is 2. The standard InChI is InChI=1S/C5H12N2/c1-5(2)7-4-6-3/h6-7H,1,4H2,2-3H3. The van der Waals surface area contributed by atoms with E-state index >= 15 is 0 Å². The number of hydrogen-bond acceptors (Lipinski definition) is 2. The quantitative estimate of drug-likeness (QED) is 0.498. The van der Waals surface area contributed by atoms with Gasteiger partial charge in [-0.15, -0.1) is 0 Å². The minimum atomic E-state index is 0.801. The summed E-state index contributed by atoms with van der Waals surface area (Å²) in [6.07, 6.45) is 0. The van der Waals surface area contributed by atoms with Crippen molar-refractivity contribution in [3.63, 3.8) is 0 Å². The number of nitrogens with one attached hydrogen (secondary N) is 2. The Labute approximate surface area is 44.6 Å². The molecule has 0 fully saturated rings. The van der Waals surface area contributed by atoms with Gasteiger partial charge in [0.1, 0.15) is 0 Å². The molecule has 0 aromatic carbocycles. The second-order valence-corrected chi connectivity index (χ2v) is 1.49. The molecule has 0 aliphatic carbocycles. The summed E-state index contributed by atoms with van der Waals surface area (Å²) in [7, 11) is 1.88. The number of rotatable bonds is 3. The Bertz CT molecular complexity index is 59.1. The fraction of sp³-hybridized carbons (Fsp3) is 0.600. The molecule has 0 amide bonds. The summed E-state index contributed by atoms with van der Waals surface area (Å²) in [6, 6.07) is 0. The van der Waals surface area contributed by atoms with E-state index < -0.39 is 0 Å². The van der Waals surface area contributed by atoms with Gasteiger partial charge in [0.15, 0.2) is 0 Å². The van der Waals surface area contributed by atoms with Gasteiger partial charge in [0, 0.05) is 5.70 Å². The topological polar surface area (TPSA) is 24.1 Å². The summed E-state index contributed by atoms with van der Waals surface area (Å²) in [4.78, 5) is 0. The molecule has 7 heavy (non-hydrogen) atoms. The number of allylic oxidation sites excluding steroid dienone is 1. The minimum Gasteiger partial charge on any atom is -0.377 e. The van der Waals surface area contributed by atoms with Crippen LogP contribution in [0.2, 0.25) is 0 Å². The van der Waals surface area contributed by atoms with E-state index in [0.29, 0.717) is 0 Å². The van der Waals surface area contributed by atoms with Crippen LogP contribution >= 0.6 is 0 Å². The van der Waals surface area contributed by atoms with Crippen molar-refractivity contribution in [3.8, 4) is 0 Å². The Morgan fingerprint density at radius 2 is 2.29 bits per heavy atom. The van der Waals surface area contributed by atoms with Crippen LogP contribution in [0, 0.1) is 0 Å². The van der Waals surface area contributed by atoms with E-state index in [1.165, 1.54) is 0 Å². The second-order valence-electron chi connectivity index (χ2n) is 1.49. The molecule has 2 N–H and O–H groups in total. The van der Waals surface area contributed by atoms with Crippen LogP contribution in [0.5, 0.6) is 0 Å². The lowest BCUT2D eigenvalue weighted by Gasteiger charge is -2.00. The Morgan fingerprint density at radius 1 is 1.71 bits per heavy atom. The van der Waals surface area contributed by atoms with Gasteiger partial charge in [0.2, 0.25) is 0 Å². The van der Waals surface area contributed by atoms with Crippen LogP contribution in [0.15, 0.2) is 12.3 Å². The summed E-state index contributed by atoms with van der Waals surface area (Å²) in [5, 5.41) is 5.92. The van der Waals surface area contributed by atoms with Crippen LogP contribution in [0.4, 0.5) is 0 Å². The average molecular weight is 100 g/mol. The third-order valence-electron chi connectivity index (χ3n) is 0.567. The predicted octanol–water partition coefficient (Wildman–Crippen LogP) is 0.286. The Kier molecular flexibility index (Phi) is 3.42. The highest BCUT2D eigenvalue weighted by Crippen LogP contribution is 1.71. The van der Waals surface area contributed by atoms with E-state index in [1.807, 2.05) is 14.0 Å². The molecule has 0 aliphatic rings. The highest BCUT2D eigenvalue weighted by Gasteiger charge is 1.74. The first kappa shape index (κ1) is 6.50. The molecule has 42 valence electrons. The highest BCUT2D eigenvalue weighted by molar-refractivity contribution is 4.82. The maximum Gasteiger partial charge on any atom is 0.0647 e. The van der Waals surface area contributed by atoms with Gasteiger partial charge in [-0.3, -0.25) is 0 Å². The van der Waals surface area contributed by atoms with Gasteiger partial charge in [-0.25, -0.2) is 0 Å². The summed E-state index contributed by atoms with van der Waals surface area (Å²) < 4.78 is 0. The maximum absolute atomic E-state index is 3.64. The van der Waals surface area contributed by atoms with Crippen molar-refractivity contribution in [2.24, 2.45) is 0 Å². The third kappa shape index (κ3) is 5.50. The molecule has 0 saturated heterocycles. The van der Waals surface area contributed by atoms with E-state index in [4.69, 9.17) is 0 Å². The van der Waals surface area contributed by atoms with Crippen LogP contribution in [0.3, 0.4) is 0 Å². The summed E-state index contributed by atoms with van der Waals surface area (Å²) in [5.41, 5.74) is 0.995. The fourth-order valence-electron chi connectivity index (χ4n) is 0.239. The molecule has 0 bridgehead atoms. The van der Waals surface area contributed by atoms with Crippen LogP contribution in [-0.4, -0.2) is 13.7 Å². The predicted molar refractivity (Wildman–Crippen MR) is 31.9 cm³/mol. The van der Waals surface area contributed by atoms with Crippen molar-refractivity contribution in [3.05, 3.63) is 12.3 Å². The van der Waals surface area contributed by atoms with Gasteiger partial charge in [-0.2, -0.15) is 0 Å². The maximum atomic E-state index is 3.64. The van der Waals surface area contributed by atoms with Crippen molar-refractivity contribution < 1.29 is 0 Å². The van der Waals surface area contributed by atoms with Crippen molar-refractivity contribution in [1.82, 2.24) is 10.6 Å². The second kappa shape index (κ2) is 3.68. The molecule has 0 aliphatic heterocycles. The van der Waals surface area contributed by atoms with Crippen molar-refractivity contribution in [2.45, 2.75) is 6.92 Å². The smallest absolute Gasteiger partial charge is 0.0647 e. The van der Waals surface area contributed by atoms with E-state index in [9.17, 15) is 0 Å². The van der Waals surface area contributed by atoms with Gasteiger partial charge in [-0.1, -0.05) is 6.58 Å². The van der Waals surface area contributed by atoms with Gasteiger partial charge in [-0.05, 0) is 14.0 Å². The van der Waals surface area contributed by atoms with E-state index in [2.05, 4.69) is 17.2 Å². The molecule has 0 spiro atoms. The van der Waals surface area contributed by atoms with E-state index in [-0.39, 0.29) is 0 Å². The largest absolute Gasteiger partial charge is 0.377 e. The van der Waals surface area contributed by atoms with Gasteiger partial charge in [0.05, 0.1) is 6.67 Å². The van der Waals surface area contributed by atoms with Crippen molar-refractivity contribution in [1.29, 1.82) is 0 Å². The zero-order valence-electron chi connectivity index (χ0n) is 4.91. The Hall–Kier alpha value is -0.500. The molecule has 0 rings (SSSR count). The van der Waals surface area contributed by atoms with Crippen LogP contribution in [0.25, 0.3) is 0 Å². The lowest BCUT2D eigenvalue weighted by Crippen LogP contribution is -2.23.